The van der Waals surface area contributed by atoms with E-state index in [9.17, 15) is 9.59 Å². The zero-order valence-corrected chi connectivity index (χ0v) is 14.7. The lowest BCUT2D eigenvalue weighted by Gasteiger charge is -2.16. The van der Waals surface area contributed by atoms with Crippen molar-refractivity contribution in [1.29, 1.82) is 0 Å². The van der Waals surface area contributed by atoms with E-state index in [0.29, 0.717) is 0 Å². The van der Waals surface area contributed by atoms with Crippen LogP contribution >= 0.6 is 0 Å². The number of para-hydroxylation sites is 1. The number of hydrogen-bond donors (Lipinski definition) is 2. The number of carbonyl (C=O) groups excluding carboxylic acids is 2. The maximum atomic E-state index is 12.4. The molecule has 1 atom stereocenters. The molecule has 0 bridgehead atoms. The summed E-state index contributed by atoms with van der Waals surface area (Å²) in [5.41, 5.74) is 1.97. The van der Waals surface area contributed by atoms with Gasteiger partial charge in [0.05, 0.1) is 6.54 Å². The van der Waals surface area contributed by atoms with Crippen molar-refractivity contribution in [2.75, 3.05) is 11.9 Å². The zero-order chi connectivity index (χ0) is 17.9. The third-order valence-corrected chi connectivity index (χ3v) is 4.11. The van der Waals surface area contributed by atoms with Crippen LogP contribution in [0.2, 0.25) is 0 Å². The molecule has 0 radical (unpaired) electrons. The molecule has 0 fully saturated rings. The van der Waals surface area contributed by atoms with Gasteiger partial charge in [0.25, 0.3) is 0 Å². The Morgan fingerprint density at radius 3 is 2.20 bits per heavy atom. The van der Waals surface area contributed by atoms with Gasteiger partial charge >= 0.3 is 0 Å². The number of hydrogen-bond acceptors (Lipinski definition) is 2. The average Bonchev–Trinajstić information content (AvgIpc) is 2.65. The number of nitrogens with one attached hydrogen (secondary N) is 2. The summed E-state index contributed by atoms with van der Waals surface area (Å²) in [7, 11) is 0. The number of aryl methyl sites for hydroxylation is 1. The second kappa shape index (κ2) is 10.3. The van der Waals surface area contributed by atoms with Crippen LogP contribution in [0.1, 0.15) is 31.7 Å². The number of rotatable bonds is 9. The lowest BCUT2D eigenvalue weighted by Crippen LogP contribution is -2.37. The van der Waals surface area contributed by atoms with Gasteiger partial charge in [0.1, 0.15) is 0 Å². The maximum Gasteiger partial charge on any atom is 0.243 e. The molecule has 0 aliphatic rings. The first-order valence-electron chi connectivity index (χ1n) is 8.85. The minimum Gasteiger partial charge on any atom is -0.347 e. The van der Waals surface area contributed by atoms with Crippen molar-refractivity contribution in [3.63, 3.8) is 0 Å². The van der Waals surface area contributed by atoms with E-state index in [1.807, 2.05) is 48.5 Å². The molecular weight excluding hydrogens is 312 g/mol. The molecule has 4 heteroatoms. The third kappa shape index (κ3) is 6.79. The Balaban J connectivity index is 1.79. The Hall–Kier alpha value is -2.62. The fraction of sp³-hybridized carbons (Fsp3) is 0.333. The molecule has 0 aromatic heterocycles. The van der Waals surface area contributed by atoms with Crippen molar-refractivity contribution in [1.82, 2.24) is 5.32 Å². The molecule has 0 saturated heterocycles. The molecule has 0 heterocycles. The van der Waals surface area contributed by atoms with Crippen LogP contribution in [0.15, 0.2) is 60.7 Å². The van der Waals surface area contributed by atoms with E-state index in [4.69, 9.17) is 0 Å². The highest BCUT2D eigenvalue weighted by Crippen LogP contribution is 2.15. The molecule has 4 nitrogen and oxygen atoms in total. The normalized spacial score (nSPS) is 11.6. The second-order valence-corrected chi connectivity index (χ2v) is 6.14. The van der Waals surface area contributed by atoms with Gasteiger partial charge in [0.15, 0.2) is 0 Å². The highest BCUT2D eigenvalue weighted by molar-refractivity contribution is 5.94. The largest absolute Gasteiger partial charge is 0.347 e. The Bertz CT molecular complexity index is 656. The summed E-state index contributed by atoms with van der Waals surface area (Å²) in [6.45, 7) is 2.07. The molecular formula is C21H26N2O2. The first-order chi connectivity index (χ1) is 12.2. The quantitative estimate of drug-likeness (QED) is 0.731. The van der Waals surface area contributed by atoms with E-state index < -0.39 is 0 Å². The van der Waals surface area contributed by atoms with E-state index >= 15 is 0 Å². The summed E-state index contributed by atoms with van der Waals surface area (Å²) in [5.74, 6) is -0.311. The lowest BCUT2D eigenvalue weighted by molar-refractivity contribution is -0.127. The Kier molecular flexibility index (Phi) is 7.70. The van der Waals surface area contributed by atoms with Crippen LogP contribution in [0.4, 0.5) is 5.69 Å². The Morgan fingerprint density at radius 2 is 1.56 bits per heavy atom. The zero-order valence-electron chi connectivity index (χ0n) is 14.7. The van der Waals surface area contributed by atoms with Crippen molar-refractivity contribution in [3.05, 3.63) is 66.2 Å². The van der Waals surface area contributed by atoms with E-state index in [1.54, 1.807) is 0 Å². The van der Waals surface area contributed by atoms with Crippen molar-refractivity contribution < 1.29 is 9.59 Å². The molecule has 0 unspecified atom stereocenters. The third-order valence-electron chi connectivity index (χ3n) is 4.11. The van der Waals surface area contributed by atoms with Gasteiger partial charge in [-0.1, -0.05) is 61.9 Å². The van der Waals surface area contributed by atoms with Gasteiger partial charge in [-0.3, -0.25) is 9.59 Å². The molecule has 2 aromatic carbocycles. The van der Waals surface area contributed by atoms with Crippen molar-refractivity contribution in [2.24, 2.45) is 5.92 Å². The van der Waals surface area contributed by atoms with Crippen LogP contribution in [0.5, 0.6) is 0 Å². The number of carbonyl (C=O) groups is 2. The Morgan fingerprint density at radius 1 is 0.920 bits per heavy atom. The van der Waals surface area contributed by atoms with E-state index in [1.165, 1.54) is 5.56 Å². The molecule has 2 amide bonds. The van der Waals surface area contributed by atoms with Crippen molar-refractivity contribution in [2.45, 2.75) is 32.6 Å². The first-order valence-corrected chi connectivity index (χ1v) is 8.85. The molecule has 0 aliphatic heterocycles. The molecule has 0 aliphatic carbocycles. The van der Waals surface area contributed by atoms with Crippen LogP contribution in [0.25, 0.3) is 0 Å². The fourth-order valence-corrected chi connectivity index (χ4v) is 2.78. The predicted molar refractivity (Wildman–Crippen MR) is 101 cm³/mol. The van der Waals surface area contributed by atoms with Crippen LogP contribution in [0.3, 0.4) is 0 Å². The van der Waals surface area contributed by atoms with Crippen LogP contribution < -0.4 is 10.6 Å². The van der Waals surface area contributed by atoms with Crippen LogP contribution in [-0.4, -0.2) is 18.4 Å². The highest BCUT2D eigenvalue weighted by Gasteiger charge is 2.18. The minimum absolute atomic E-state index is 0.000715. The molecule has 2 aromatic rings. The maximum absolute atomic E-state index is 12.4. The van der Waals surface area contributed by atoms with Gasteiger partial charge in [-0.05, 0) is 37.0 Å². The topological polar surface area (TPSA) is 58.2 Å². The van der Waals surface area contributed by atoms with Gasteiger partial charge in [-0.15, -0.1) is 0 Å². The molecule has 132 valence electrons. The van der Waals surface area contributed by atoms with Gasteiger partial charge in [0, 0.05) is 11.6 Å². The highest BCUT2D eigenvalue weighted by atomic mass is 16.2. The fourth-order valence-electron chi connectivity index (χ4n) is 2.78. The van der Waals surface area contributed by atoms with E-state index in [2.05, 4.69) is 29.7 Å². The smallest absolute Gasteiger partial charge is 0.243 e. The lowest BCUT2D eigenvalue weighted by atomic mass is 9.94. The predicted octanol–water partition coefficient (Wildman–Crippen LogP) is 3.79. The minimum atomic E-state index is -0.210. The molecule has 2 N–H and O–H groups in total. The standard InChI is InChI=1S/C21H26N2O2/c1-2-9-18(15-14-17-10-5-3-6-11-17)21(25)22-16-20(24)23-19-12-7-4-8-13-19/h3-8,10-13,18H,2,9,14-16H2,1H3,(H,22,25)(H,23,24)/t18-/m0/s1. The van der Waals surface area contributed by atoms with Crippen LogP contribution in [-0.2, 0) is 16.0 Å². The summed E-state index contributed by atoms with van der Waals surface area (Å²) in [6.07, 6.45) is 3.45. The van der Waals surface area contributed by atoms with E-state index in [-0.39, 0.29) is 24.3 Å². The summed E-state index contributed by atoms with van der Waals surface area (Å²) in [5, 5.41) is 5.55. The van der Waals surface area contributed by atoms with Gasteiger partial charge < -0.3 is 10.6 Å². The number of anilines is 1. The summed E-state index contributed by atoms with van der Waals surface area (Å²) in [6, 6.07) is 19.4. The van der Waals surface area contributed by atoms with Gasteiger partial charge in [0.2, 0.25) is 11.8 Å². The van der Waals surface area contributed by atoms with Crippen molar-refractivity contribution in [3.8, 4) is 0 Å². The molecule has 0 saturated carbocycles. The van der Waals surface area contributed by atoms with Gasteiger partial charge in [-0.25, -0.2) is 0 Å². The second-order valence-electron chi connectivity index (χ2n) is 6.14. The number of amides is 2. The van der Waals surface area contributed by atoms with Crippen LogP contribution in [0, 0.1) is 5.92 Å². The average molecular weight is 338 g/mol. The molecule has 25 heavy (non-hydrogen) atoms. The summed E-state index contributed by atoms with van der Waals surface area (Å²) in [4.78, 5) is 24.4. The summed E-state index contributed by atoms with van der Waals surface area (Å²) >= 11 is 0. The van der Waals surface area contributed by atoms with E-state index in [0.717, 1.165) is 31.4 Å². The van der Waals surface area contributed by atoms with Crippen molar-refractivity contribution >= 4 is 17.5 Å². The first kappa shape index (κ1) is 18.7. The Labute approximate surface area is 149 Å². The molecule has 0 spiro atoms. The monoisotopic (exact) mass is 338 g/mol. The van der Waals surface area contributed by atoms with Gasteiger partial charge in [-0.2, -0.15) is 0 Å². The molecule has 2 rings (SSSR count). The number of benzene rings is 2. The SMILES string of the molecule is CCC[C@@H](CCc1ccccc1)C(=O)NCC(=O)Nc1ccccc1. The summed E-state index contributed by atoms with van der Waals surface area (Å²) < 4.78 is 0.